The van der Waals surface area contributed by atoms with E-state index >= 15 is 0 Å². The minimum absolute atomic E-state index is 0.0484. The van der Waals surface area contributed by atoms with Crippen LogP contribution in [0.3, 0.4) is 0 Å². The summed E-state index contributed by atoms with van der Waals surface area (Å²) in [5, 5.41) is 4.53. The summed E-state index contributed by atoms with van der Waals surface area (Å²) in [7, 11) is 1.32. The van der Waals surface area contributed by atoms with Crippen LogP contribution in [-0.2, 0) is 17.4 Å². The molecule has 10 heteroatoms. The van der Waals surface area contributed by atoms with E-state index in [4.69, 9.17) is 9.15 Å². The molecule has 0 saturated heterocycles. The average molecular weight is 450 g/mol. The second-order valence-electron chi connectivity index (χ2n) is 6.71. The molecule has 0 fully saturated rings. The fraction of sp³-hybridized carbons (Fsp3) is 0.182. The van der Waals surface area contributed by atoms with Crippen LogP contribution in [0.5, 0.6) is 5.75 Å². The van der Waals surface area contributed by atoms with Gasteiger partial charge in [-0.05, 0) is 54.4 Å². The number of hydrogen-bond acceptors (Lipinski definition) is 4. The number of methoxy groups -OCH3 is 1. The maximum Gasteiger partial charge on any atom is 0.418 e. The number of carbonyl (C=O) groups excluding carboxylic acids is 2. The zero-order valence-electron chi connectivity index (χ0n) is 16.8. The minimum atomic E-state index is -4.78. The van der Waals surface area contributed by atoms with Crippen LogP contribution in [0, 0.1) is 5.82 Å². The number of benzene rings is 2. The molecule has 0 saturated carbocycles. The lowest BCUT2D eigenvalue weighted by molar-refractivity contribution is -0.136. The monoisotopic (exact) mass is 450 g/mol. The van der Waals surface area contributed by atoms with Gasteiger partial charge in [0.15, 0.2) is 17.3 Å². The molecule has 3 aromatic rings. The Morgan fingerprint density at radius 3 is 2.47 bits per heavy atom. The van der Waals surface area contributed by atoms with E-state index in [-0.39, 0.29) is 30.0 Å². The lowest BCUT2D eigenvalue weighted by Gasteiger charge is -2.16. The normalized spacial score (nSPS) is 11.2. The van der Waals surface area contributed by atoms with Gasteiger partial charge in [-0.1, -0.05) is 6.07 Å². The minimum Gasteiger partial charge on any atom is -0.494 e. The van der Waals surface area contributed by atoms with Crippen LogP contribution in [0.2, 0.25) is 0 Å². The average Bonchev–Trinajstić information content (AvgIpc) is 3.28. The van der Waals surface area contributed by atoms with Gasteiger partial charge in [-0.15, -0.1) is 0 Å². The van der Waals surface area contributed by atoms with Crippen LogP contribution in [-0.4, -0.2) is 18.9 Å². The maximum absolute atomic E-state index is 13.7. The van der Waals surface area contributed by atoms with Crippen LogP contribution in [0.4, 0.5) is 28.9 Å². The van der Waals surface area contributed by atoms with E-state index in [2.05, 4.69) is 10.6 Å². The summed E-state index contributed by atoms with van der Waals surface area (Å²) in [5.74, 6) is -2.01. The Balaban J connectivity index is 1.70. The van der Waals surface area contributed by atoms with Crippen molar-refractivity contribution in [2.75, 3.05) is 17.7 Å². The third-order valence-corrected chi connectivity index (χ3v) is 4.46. The molecule has 3 rings (SSSR count). The quantitative estimate of drug-likeness (QED) is 0.481. The summed E-state index contributed by atoms with van der Waals surface area (Å²) in [5.41, 5.74) is -1.21. The van der Waals surface area contributed by atoms with E-state index < -0.39 is 35.1 Å². The highest BCUT2D eigenvalue weighted by atomic mass is 19.4. The lowest BCUT2D eigenvalue weighted by atomic mass is 10.1. The molecule has 0 aliphatic rings. The van der Waals surface area contributed by atoms with Crippen molar-refractivity contribution >= 4 is 23.2 Å². The summed E-state index contributed by atoms with van der Waals surface area (Å²) < 4.78 is 64.0. The Morgan fingerprint density at radius 2 is 1.84 bits per heavy atom. The molecule has 0 aliphatic carbocycles. The van der Waals surface area contributed by atoms with E-state index in [0.29, 0.717) is 5.56 Å². The largest absolute Gasteiger partial charge is 0.494 e. The van der Waals surface area contributed by atoms with E-state index in [1.807, 2.05) is 0 Å². The number of carbonyl (C=O) groups is 2. The van der Waals surface area contributed by atoms with E-state index in [1.54, 1.807) is 6.07 Å². The zero-order chi connectivity index (χ0) is 23.3. The van der Waals surface area contributed by atoms with Gasteiger partial charge in [-0.2, -0.15) is 13.2 Å². The van der Waals surface area contributed by atoms with Crippen molar-refractivity contribution in [2.45, 2.75) is 19.0 Å². The summed E-state index contributed by atoms with van der Waals surface area (Å²) in [4.78, 5) is 24.2. The van der Waals surface area contributed by atoms with Crippen molar-refractivity contribution in [3.63, 3.8) is 0 Å². The van der Waals surface area contributed by atoms with Gasteiger partial charge < -0.3 is 19.8 Å². The topological polar surface area (TPSA) is 80.6 Å². The van der Waals surface area contributed by atoms with Gasteiger partial charge in [0.1, 0.15) is 0 Å². The highest BCUT2D eigenvalue weighted by molar-refractivity contribution is 6.02. The molecule has 2 amide bonds. The van der Waals surface area contributed by atoms with Gasteiger partial charge in [-0.3, -0.25) is 9.59 Å². The number of aryl methyl sites for hydroxylation is 1. The molecule has 6 nitrogen and oxygen atoms in total. The van der Waals surface area contributed by atoms with Crippen LogP contribution in [0.25, 0.3) is 0 Å². The van der Waals surface area contributed by atoms with Crippen molar-refractivity contribution in [1.82, 2.24) is 0 Å². The Hall–Kier alpha value is -3.82. The third-order valence-electron chi connectivity index (χ3n) is 4.46. The fourth-order valence-corrected chi connectivity index (χ4v) is 2.90. The molecule has 168 valence electrons. The number of anilines is 2. The number of hydrogen-bond donors (Lipinski definition) is 2. The van der Waals surface area contributed by atoms with Crippen molar-refractivity contribution in [2.24, 2.45) is 0 Å². The van der Waals surface area contributed by atoms with Gasteiger partial charge in [0, 0.05) is 12.1 Å². The number of nitrogens with one attached hydrogen (secondary N) is 2. The molecule has 0 bridgehead atoms. The predicted octanol–water partition coefficient (Wildman–Crippen LogP) is 5.27. The summed E-state index contributed by atoms with van der Waals surface area (Å²) in [6, 6.07) is 9.99. The number of alkyl halides is 3. The second kappa shape index (κ2) is 9.54. The van der Waals surface area contributed by atoms with Gasteiger partial charge in [-0.25, -0.2) is 4.39 Å². The van der Waals surface area contributed by atoms with Gasteiger partial charge in [0.05, 0.1) is 24.6 Å². The van der Waals surface area contributed by atoms with E-state index in [1.165, 1.54) is 43.7 Å². The van der Waals surface area contributed by atoms with Crippen molar-refractivity contribution in [3.05, 3.63) is 77.5 Å². The number of furan rings is 1. The van der Waals surface area contributed by atoms with Crippen LogP contribution in [0.15, 0.2) is 59.2 Å². The van der Waals surface area contributed by atoms with Gasteiger partial charge >= 0.3 is 6.18 Å². The first-order valence-electron chi connectivity index (χ1n) is 9.35. The molecule has 32 heavy (non-hydrogen) atoms. The first-order valence-corrected chi connectivity index (χ1v) is 9.35. The van der Waals surface area contributed by atoms with Gasteiger partial charge in [0.25, 0.3) is 5.91 Å². The molecule has 0 radical (unpaired) electrons. The number of halogens is 4. The van der Waals surface area contributed by atoms with E-state index in [9.17, 15) is 27.2 Å². The zero-order valence-corrected chi connectivity index (χ0v) is 16.8. The molecule has 0 unspecified atom stereocenters. The first-order chi connectivity index (χ1) is 15.2. The Labute approximate surface area is 180 Å². The van der Waals surface area contributed by atoms with Crippen LogP contribution < -0.4 is 15.4 Å². The summed E-state index contributed by atoms with van der Waals surface area (Å²) >= 11 is 0. The molecular weight excluding hydrogens is 432 g/mol. The third kappa shape index (κ3) is 5.65. The molecule has 0 atom stereocenters. The smallest absolute Gasteiger partial charge is 0.418 e. The number of rotatable bonds is 7. The molecule has 2 N–H and O–H groups in total. The van der Waals surface area contributed by atoms with E-state index in [0.717, 1.165) is 12.1 Å². The molecule has 0 spiro atoms. The highest BCUT2D eigenvalue weighted by Crippen LogP contribution is 2.37. The summed E-state index contributed by atoms with van der Waals surface area (Å²) in [6.45, 7) is 0. The molecular formula is C22H18F4N2O4. The standard InChI is InChI=1S/C22H18F4N2O4/c1-31-18-8-4-13(11-16(18)23)5-9-20(29)28-17-7-6-14(12-15(17)22(24,25)26)27-21(30)19-3-2-10-32-19/h2-4,6-8,10-12H,5,9H2,1H3,(H,27,30)(H,28,29). The molecule has 1 aromatic heterocycles. The summed E-state index contributed by atoms with van der Waals surface area (Å²) in [6.07, 6.45) is -3.58. The van der Waals surface area contributed by atoms with Crippen molar-refractivity contribution in [3.8, 4) is 5.75 Å². The molecule has 1 heterocycles. The van der Waals surface area contributed by atoms with Crippen LogP contribution in [0.1, 0.15) is 28.1 Å². The molecule has 2 aromatic carbocycles. The fourth-order valence-electron chi connectivity index (χ4n) is 2.90. The molecule has 0 aliphatic heterocycles. The lowest BCUT2D eigenvalue weighted by Crippen LogP contribution is -2.18. The first kappa shape index (κ1) is 22.9. The Bertz CT molecular complexity index is 1110. The SMILES string of the molecule is COc1ccc(CCC(=O)Nc2ccc(NC(=O)c3ccco3)cc2C(F)(F)F)cc1F. The maximum atomic E-state index is 13.7. The number of ether oxygens (including phenoxy) is 1. The Morgan fingerprint density at radius 1 is 1.06 bits per heavy atom. The number of amides is 2. The Kier molecular flexibility index (Phi) is 6.82. The van der Waals surface area contributed by atoms with Crippen LogP contribution >= 0.6 is 0 Å². The highest BCUT2D eigenvalue weighted by Gasteiger charge is 2.34. The predicted molar refractivity (Wildman–Crippen MR) is 108 cm³/mol. The van der Waals surface area contributed by atoms with Crippen molar-refractivity contribution in [1.29, 1.82) is 0 Å². The second-order valence-corrected chi connectivity index (χ2v) is 6.71. The van der Waals surface area contributed by atoms with Gasteiger partial charge in [0.2, 0.25) is 5.91 Å². The van der Waals surface area contributed by atoms with Crippen molar-refractivity contribution < 1.29 is 36.3 Å².